The zero-order valence-electron chi connectivity index (χ0n) is 10.3. The minimum atomic E-state index is -4.67. The van der Waals surface area contributed by atoms with Gasteiger partial charge in [-0.05, 0) is 18.2 Å². The summed E-state index contributed by atoms with van der Waals surface area (Å²) in [6.07, 6.45) is -4.67. The number of carbonyl (C=O) groups excluding carboxylic acids is 1. The maximum absolute atomic E-state index is 13.1. The van der Waals surface area contributed by atoms with Crippen molar-refractivity contribution in [2.24, 2.45) is 5.92 Å². The summed E-state index contributed by atoms with van der Waals surface area (Å²) in [5.41, 5.74) is -1.48. The molecule has 0 atom stereocenters. The second kappa shape index (κ2) is 6.41. The molecule has 2 N–H and O–H groups in total. The van der Waals surface area contributed by atoms with Crippen molar-refractivity contribution < 1.29 is 22.4 Å². The zero-order chi connectivity index (χ0) is 14.0. The predicted octanol–water partition coefficient (Wildman–Crippen LogP) is 2.22. The Morgan fingerprint density at radius 2 is 1.95 bits per heavy atom. The first kappa shape index (κ1) is 16.7. The van der Waals surface area contributed by atoms with Crippen molar-refractivity contribution in [3.05, 3.63) is 35.1 Å². The van der Waals surface area contributed by atoms with E-state index in [2.05, 4.69) is 10.6 Å². The van der Waals surface area contributed by atoms with Crippen molar-refractivity contribution in [1.29, 1.82) is 0 Å². The Balaban J connectivity index is 0.00000200. The summed E-state index contributed by atoms with van der Waals surface area (Å²) in [5, 5.41) is 5.50. The van der Waals surface area contributed by atoms with Crippen LogP contribution in [0.3, 0.4) is 0 Å². The van der Waals surface area contributed by atoms with Gasteiger partial charge in [-0.3, -0.25) is 4.79 Å². The molecule has 1 aliphatic heterocycles. The molecule has 0 radical (unpaired) electrons. The van der Waals surface area contributed by atoms with Crippen LogP contribution in [0.25, 0.3) is 0 Å². The van der Waals surface area contributed by atoms with E-state index in [1.807, 2.05) is 0 Å². The van der Waals surface area contributed by atoms with Crippen molar-refractivity contribution in [2.75, 3.05) is 19.6 Å². The minimum Gasteiger partial charge on any atom is -0.352 e. The second-order valence-corrected chi connectivity index (χ2v) is 4.46. The fourth-order valence-electron chi connectivity index (χ4n) is 1.72. The van der Waals surface area contributed by atoms with Crippen molar-refractivity contribution in [2.45, 2.75) is 6.18 Å². The summed E-state index contributed by atoms with van der Waals surface area (Å²) in [5.74, 6) is -1.50. The van der Waals surface area contributed by atoms with E-state index >= 15 is 0 Å². The molecule has 0 saturated carbocycles. The molecule has 0 aliphatic carbocycles. The Kier molecular flexibility index (Phi) is 5.35. The lowest BCUT2D eigenvalue weighted by atomic mass is 10.0. The van der Waals surface area contributed by atoms with Gasteiger partial charge in [0.25, 0.3) is 5.91 Å². The van der Waals surface area contributed by atoms with Gasteiger partial charge in [-0.15, -0.1) is 12.4 Å². The Bertz CT molecular complexity index is 489. The third kappa shape index (κ3) is 4.08. The summed E-state index contributed by atoms with van der Waals surface area (Å²) < 4.78 is 50.6. The lowest BCUT2D eigenvalue weighted by molar-refractivity contribution is -0.137. The standard InChI is InChI=1S/C12H12F4N2O.ClH/c13-10-2-8(1-9(3-10)12(14,15)16)11(19)18-6-7-4-17-5-7;/h1-3,7,17H,4-6H2,(H,18,19);1H. The fourth-order valence-corrected chi connectivity index (χ4v) is 1.72. The average molecular weight is 313 g/mol. The van der Waals surface area contributed by atoms with Crippen LogP contribution < -0.4 is 10.6 Å². The topological polar surface area (TPSA) is 41.1 Å². The normalized spacial score (nSPS) is 15.2. The van der Waals surface area contributed by atoms with Gasteiger partial charge >= 0.3 is 6.18 Å². The highest BCUT2D eigenvalue weighted by molar-refractivity contribution is 5.94. The van der Waals surface area contributed by atoms with Gasteiger partial charge in [-0.1, -0.05) is 0 Å². The van der Waals surface area contributed by atoms with Crippen molar-refractivity contribution in [3.8, 4) is 0 Å². The van der Waals surface area contributed by atoms with E-state index in [0.29, 0.717) is 18.7 Å². The number of hydrogen-bond donors (Lipinski definition) is 2. The maximum Gasteiger partial charge on any atom is 0.416 e. The summed E-state index contributed by atoms with van der Waals surface area (Å²) in [6, 6.07) is 1.81. The first-order valence-electron chi connectivity index (χ1n) is 5.73. The number of alkyl halides is 3. The number of benzene rings is 1. The molecule has 2 rings (SSSR count). The number of rotatable bonds is 3. The first-order chi connectivity index (χ1) is 8.86. The zero-order valence-corrected chi connectivity index (χ0v) is 11.1. The van der Waals surface area contributed by atoms with Crippen LogP contribution in [0.5, 0.6) is 0 Å². The van der Waals surface area contributed by atoms with E-state index < -0.39 is 23.5 Å². The van der Waals surface area contributed by atoms with E-state index in [0.717, 1.165) is 19.2 Å². The van der Waals surface area contributed by atoms with Gasteiger partial charge in [-0.2, -0.15) is 13.2 Å². The first-order valence-corrected chi connectivity index (χ1v) is 5.73. The van der Waals surface area contributed by atoms with E-state index in [-0.39, 0.29) is 23.9 Å². The Morgan fingerprint density at radius 3 is 2.45 bits per heavy atom. The molecule has 3 nitrogen and oxygen atoms in total. The second-order valence-electron chi connectivity index (χ2n) is 4.46. The van der Waals surface area contributed by atoms with Gasteiger partial charge in [0, 0.05) is 31.1 Å². The molecule has 0 bridgehead atoms. The van der Waals surface area contributed by atoms with E-state index in [4.69, 9.17) is 0 Å². The van der Waals surface area contributed by atoms with Crippen molar-refractivity contribution in [1.82, 2.24) is 10.6 Å². The van der Waals surface area contributed by atoms with Crippen LogP contribution in [0.2, 0.25) is 0 Å². The van der Waals surface area contributed by atoms with Crippen LogP contribution in [0.1, 0.15) is 15.9 Å². The van der Waals surface area contributed by atoms with E-state index in [1.165, 1.54) is 0 Å². The molecule has 1 aliphatic rings. The SMILES string of the molecule is Cl.O=C(NCC1CNC1)c1cc(F)cc(C(F)(F)F)c1. The number of halogens is 5. The Labute approximate surface area is 119 Å². The van der Waals surface area contributed by atoms with Gasteiger partial charge in [0.15, 0.2) is 0 Å². The quantitative estimate of drug-likeness (QED) is 0.840. The predicted molar refractivity (Wildman–Crippen MR) is 67.3 cm³/mol. The Hall–Kier alpha value is -1.34. The molecular weight excluding hydrogens is 300 g/mol. The van der Waals surface area contributed by atoms with Crippen LogP contribution in [0.15, 0.2) is 18.2 Å². The van der Waals surface area contributed by atoms with Crippen LogP contribution in [-0.2, 0) is 6.18 Å². The molecule has 20 heavy (non-hydrogen) atoms. The number of amides is 1. The molecule has 0 aromatic heterocycles. The molecule has 1 heterocycles. The molecule has 1 saturated heterocycles. The lowest BCUT2D eigenvalue weighted by Crippen LogP contribution is -2.48. The van der Waals surface area contributed by atoms with Crippen molar-refractivity contribution >= 4 is 18.3 Å². The summed E-state index contributed by atoms with van der Waals surface area (Å²) in [4.78, 5) is 11.7. The third-order valence-electron chi connectivity index (χ3n) is 2.90. The number of nitrogens with one attached hydrogen (secondary N) is 2. The molecule has 1 amide bonds. The van der Waals surface area contributed by atoms with Gasteiger partial charge in [0.05, 0.1) is 5.56 Å². The molecule has 8 heteroatoms. The van der Waals surface area contributed by atoms with Gasteiger partial charge in [0.1, 0.15) is 5.82 Å². The molecule has 0 unspecified atom stereocenters. The van der Waals surface area contributed by atoms with E-state index in [1.54, 1.807) is 0 Å². The molecule has 112 valence electrons. The van der Waals surface area contributed by atoms with Gasteiger partial charge < -0.3 is 10.6 Å². The largest absolute Gasteiger partial charge is 0.416 e. The molecule has 1 fully saturated rings. The fraction of sp³-hybridized carbons (Fsp3) is 0.417. The molecular formula is C12H13ClF4N2O. The van der Waals surface area contributed by atoms with Crippen LogP contribution in [0, 0.1) is 11.7 Å². The summed E-state index contributed by atoms with van der Waals surface area (Å²) in [7, 11) is 0. The van der Waals surface area contributed by atoms with Crippen molar-refractivity contribution in [3.63, 3.8) is 0 Å². The van der Waals surface area contributed by atoms with Crippen LogP contribution in [-0.4, -0.2) is 25.5 Å². The highest BCUT2D eigenvalue weighted by Crippen LogP contribution is 2.30. The smallest absolute Gasteiger partial charge is 0.352 e. The minimum absolute atomic E-state index is 0. The molecule has 1 aromatic rings. The van der Waals surface area contributed by atoms with E-state index in [9.17, 15) is 22.4 Å². The third-order valence-corrected chi connectivity index (χ3v) is 2.90. The lowest BCUT2D eigenvalue weighted by Gasteiger charge is -2.27. The van der Waals surface area contributed by atoms with Crippen LogP contribution >= 0.6 is 12.4 Å². The summed E-state index contributed by atoms with van der Waals surface area (Å²) in [6.45, 7) is 1.89. The highest BCUT2D eigenvalue weighted by Gasteiger charge is 2.32. The molecule has 0 spiro atoms. The van der Waals surface area contributed by atoms with Gasteiger partial charge in [0.2, 0.25) is 0 Å². The maximum atomic E-state index is 13.1. The number of carbonyl (C=O) groups is 1. The highest BCUT2D eigenvalue weighted by atomic mass is 35.5. The van der Waals surface area contributed by atoms with Crippen LogP contribution in [0.4, 0.5) is 17.6 Å². The number of hydrogen-bond acceptors (Lipinski definition) is 2. The molecule has 1 aromatic carbocycles. The average Bonchev–Trinajstić information content (AvgIpc) is 2.24. The summed E-state index contributed by atoms with van der Waals surface area (Å²) >= 11 is 0. The monoisotopic (exact) mass is 312 g/mol. The van der Waals surface area contributed by atoms with Gasteiger partial charge in [-0.25, -0.2) is 4.39 Å². The Morgan fingerprint density at radius 1 is 1.30 bits per heavy atom.